The van der Waals surface area contributed by atoms with Gasteiger partial charge in [-0.2, -0.15) is 0 Å². The van der Waals surface area contributed by atoms with Crippen LogP contribution in [-0.2, 0) is 37.9 Å². The molecule has 5 heterocycles. The van der Waals surface area contributed by atoms with Crippen LogP contribution in [0.1, 0.15) is 106 Å². The van der Waals surface area contributed by atoms with E-state index in [1.54, 1.807) is 0 Å². The summed E-state index contributed by atoms with van der Waals surface area (Å²) in [6.45, 7) is 12.9. The number of hydrogen-bond acceptors (Lipinski definition) is 16. The zero-order valence-corrected chi connectivity index (χ0v) is 36.7. The maximum absolute atomic E-state index is 12.0. The van der Waals surface area contributed by atoms with Crippen LogP contribution in [0.2, 0.25) is 0 Å². The number of aliphatic hydroxyl groups excluding tert-OH is 8. The highest BCUT2D eigenvalue weighted by atomic mass is 16.8. The predicted octanol–water partition coefficient (Wildman–Crippen LogP) is 1.32. The summed E-state index contributed by atoms with van der Waals surface area (Å²) in [7, 11) is 0. The highest BCUT2D eigenvalue weighted by Gasteiger charge is 2.69. The first-order chi connectivity index (χ1) is 28.9. The second-order valence-corrected chi connectivity index (χ2v) is 21.5. The first-order valence-corrected chi connectivity index (χ1v) is 23.5. The molecular weight excluding hydrogens is 796 g/mol. The van der Waals surface area contributed by atoms with E-state index in [2.05, 4.69) is 27.7 Å². The molecule has 0 aromatic heterocycles. The van der Waals surface area contributed by atoms with Crippen LogP contribution in [0.25, 0.3) is 0 Å². The summed E-state index contributed by atoms with van der Waals surface area (Å²) >= 11 is 0. The normalized spacial score (nSPS) is 59.7. The minimum atomic E-state index is -1.70. The van der Waals surface area contributed by atoms with Crippen LogP contribution in [0.3, 0.4) is 0 Å². The molecule has 27 atom stereocenters. The van der Waals surface area contributed by atoms with Crippen molar-refractivity contribution in [1.82, 2.24) is 0 Å². The molecule has 61 heavy (non-hydrogen) atoms. The van der Waals surface area contributed by atoms with Crippen LogP contribution in [0.15, 0.2) is 0 Å². The lowest BCUT2D eigenvalue weighted by atomic mass is 9.44. The zero-order chi connectivity index (χ0) is 43.5. The molecule has 8 N–H and O–H groups in total. The summed E-state index contributed by atoms with van der Waals surface area (Å²) in [6, 6.07) is 0. The highest BCUT2D eigenvalue weighted by molar-refractivity contribution is 5.15. The standard InChI is InChI=1S/C45H74O16/c1-19-9-14-45(54-18-19)20(2)30-28(61-45)16-27-25-8-7-23-15-24(10-12-43(23,5)26(25)11-13-44(27,30)6)57-42-39(60-41-36(52)34(50)32(48)22(4)56-41)37(53)38(29(17-46)58-42)59-40-35(51)33(49)31(47)21(3)55-40/h19-42,46-53H,7-18H2,1-6H3/t19?,20-,21-,22-,23-,24+,25+,26?,27?,28-,29+,30-,31-,32-,33+,34+,35+,36+,37-,38+,39+,40-,41-,42+,43-,44-,45+/m0/s1. The van der Waals surface area contributed by atoms with Gasteiger partial charge in [0.15, 0.2) is 24.7 Å². The van der Waals surface area contributed by atoms with E-state index in [1.165, 1.54) is 26.7 Å². The lowest BCUT2D eigenvalue weighted by Gasteiger charge is -2.61. The smallest absolute Gasteiger partial charge is 0.187 e. The number of rotatable bonds is 7. The van der Waals surface area contributed by atoms with Gasteiger partial charge in [0.1, 0.15) is 61.0 Å². The van der Waals surface area contributed by atoms with Gasteiger partial charge in [-0.1, -0.05) is 27.7 Å². The largest absolute Gasteiger partial charge is 0.394 e. The molecule has 1 spiro atoms. The topological polar surface area (TPSA) is 236 Å². The molecule has 16 nitrogen and oxygen atoms in total. The fourth-order valence-electron chi connectivity index (χ4n) is 14.6. The van der Waals surface area contributed by atoms with Crippen molar-refractivity contribution in [3.63, 3.8) is 0 Å². The first kappa shape index (κ1) is 45.5. The van der Waals surface area contributed by atoms with Gasteiger partial charge in [-0.25, -0.2) is 0 Å². The van der Waals surface area contributed by atoms with E-state index in [-0.39, 0.29) is 23.0 Å². The molecule has 9 rings (SSSR count). The number of fused-ring (bicyclic) bond motifs is 7. The van der Waals surface area contributed by atoms with Crippen LogP contribution in [0.4, 0.5) is 0 Å². The molecule has 0 radical (unpaired) electrons. The Morgan fingerprint density at radius 1 is 0.590 bits per heavy atom. The van der Waals surface area contributed by atoms with Crippen molar-refractivity contribution in [3.8, 4) is 0 Å². The second kappa shape index (κ2) is 16.9. The fraction of sp³-hybridized carbons (Fsp3) is 1.00. The maximum atomic E-state index is 12.0. The Morgan fingerprint density at radius 3 is 1.85 bits per heavy atom. The molecule has 0 amide bonds. The van der Waals surface area contributed by atoms with E-state index < -0.39 is 105 Å². The van der Waals surface area contributed by atoms with Gasteiger partial charge in [-0.05, 0) is 118 Å². The number of aliphatic hydroxyl groups is 8. The Kier molecular flexibility index (Phi) is 12.6. The molecular formula is C45H74O16. The Labute approximate surface area is 359 Å². The van der Waals surface area contributed by atoms with E-state index in [4.69, 9.17) is 37.9 Å². The van der Waals surface area contributed by atoms with Crippen molar-refractivity contribution in [2.45, 2.75) is 216 Å². The molecule has 0 bridgehead atoms. The van der Waals surface area contributed by atoms with Crippen LogP contribution in [0, 0.1) is 52.3 Å². The van der Waals surface area contributed by atoms with Crippen molar-refractivity contribution in [3.05, 3.63) is 0 Å². The van der Waals surface area contributed by atoms with Gasteiger partial charge in [-0.15, -0.1) is 0 Å². The maximum Gasteiger partial charge on any atom is 0.187 e. The first-order valence-electron chi connectivity index (χ1n) is 23.5. The van der Waals surface area contributed by atoms with Crippen molar-refractivity contribution in [2.24, 2.45) is 52.3 Å². The van der Waals surface area contributed by atoms with Crippen LogP contribution in [-0.4, -0.2) is 164 Å². The Morgan fingerprint density at radius 2 is 1.23 bits per heavy atom. The summed E-state index contributed by atoms with van der Waals surface area (Å²) < 4.78 is 50.3. The Hall–Kier alpha value is -0.640. The number of hydrogen-bond donors (Lipinski definition) is 8. The summed E-state index contributed by atoms with van der Waals surface area (Å²) in [6.07, 6.45) is -11.0. The highest BCUT2D eigenvalue weighted by Crippen LogP contribution is 2.71. The minimum Gasteiger partial charge on any atom is -0.394 e. The molecule has 0 aromatic rings. The Balaban J connectivity index is 0.897. The molecule has 4 aliphatic carbocycles. The summed E-state index contributed by atoms with van der Waals surface area (Å²) in [4.78, 5) is 0. The Bertz CT molecular complexity index is 1530. The van der Waals surface area contributed by atoms with Crippen LogP contribution >= 0.6 is 0 Å². The zero-order valence-electron chi connectivity index (χ0n) is 36.7. The van der Waals surface area contributed by atoms with Crippen molar-refractivity contribution >= 4 is 0 Å². The van der Waals surface area contributed by atoms with Crippen LogP contribution in [0.5, 0.6) is 0 Å². The summed E-state index contributed by atoms with van der Waals surface area (Å²) in [5.41, 5.74) is 0.350. The van der Waals surface area contributed by atoms with Crippen molar-refractivity contribution in [2.75, 3.05) is 13.2 Å². The third-order valence-electron chi connectivity index (χ3n) is 18.2. The van der Waals surface area contributed by atoms with E-state index >= 15 is 0 Å². The lowest BCUT2D eigenvalue weighted by Crippen LogP contribution is -2.66. The van der Waals surface area contributed by atoms with E-state index in [0.29, 0.717) is 41.4 Å². The molecule has 5 saturated heterocycles. The average molecular weight is 871 g/mol. The van der Waals surface area contributed by atoms with Gasteiger partial charge < -0.3 is 78.7 Å². The van der Waals surface area contributed by atoms with E-state index in [1.807, 2.05) is 0 Å². The van der Waals surface area contributed by atoms with Crippen LogP contribution < -0.4 is 0 Å². The van der Waals surface area contributed by atoms with Crippen molar-refractivity contribution < 1.29 is 78.7 Å². The molecule has 9 fully saturated rings. The van der Waals surface area contributed by atoms with Gasteiger partial charge in [0.2, 0.25) is 0 Å². The summed E-state index contributed by atoms with van der Waals surface area (Å²) in [5, 5.41) is 85.9. The summed E-state index contributed by atoms with van der Waals surface area (Å²) in [5.74, 6) is 3.27. The van der Waals surface area contributed by atoms with E-state index in [9.17, 15) is 40.9 Å². The molecule has 3 unspecified atom stereocenters. The third kappa shape index (κ3) is 7.50. The lowest BCUT2D eigenvalue weighted by molar-refractivity contribution is -0.389. The predicted molar refractivity (Wildman–Crippen MR) is 213 cm³/mol. The monoisotopic (exact) mass is 870 g/mol. The molecule has 350 valence electrons. The SMILES string of the molecule is CC1CC[C@@]2(OC1)O[C@H]1CC3[C@@H]4CC[C@H]5C[C@H](O[C@@H]6O[C@H](CO)[C@@H](O[C@@H]7O[C@@H](C)[C@H](O)[C@@H](O)[C@H]7O)[C@H](O)[C@H]6O[C@@H]6O[C@@H](C)[C@H](O)[C@@H](O)[C@H]6O)CC[C@]5(C)C4CC[C@]3(C)[C@H]1[C@@H]2C. The molecule has 0 aromatic carbocycles. The van der Waals surface area contributed by atoms with Gasteiger partial charge >= 0.3 is 0 Å². The second-order valence-electron chi connectivity index (χ2n) is 21.5. The molecule has 16 heteroatoms. The van der Waals surface area contributed by atoms with Gasteiger partial charge in [0.25, 0.3) is 0 Å². The van der Waals surface area contributed by atoms with Crippen molar-refractivity contribution in [1.29, 1.82) is 0 Å². The number of ether oxygens (including phenoxy) is 8. The third-order valence-corrected chi connectivity index (χ3v) is 18.2. The molecule has 9 aliphatic rings. The van der Waals surface area contributed by atoms with E-state index in [0.717, 1.165) is 58.0 Å². The molecule has 4 saturated carbocycles. The van der Waals surface area contributed by atoms with Gasteiger partial charge in [-0.3, -0.25) is 0 Å². The quantitative estimate of drug-likeness (QED) is 0.169. The average Bonchev–Trinajstić information content (AvgIpc) is 3.69. The van der Waals surface area contributed by atoms with Gasteiger partial charge in [0, 0.05) is 12.3 Å². The molecule has 5 aliphatic heterocycles. The fourth-order valence-corrected chi connectivity index (χ4v) is 14.6. The van der Waals surface area contributed by atoms with Gasteiger partial charge in [0.05, 0.1) is 37.6 Å². The minimum absolute atomic E-state index is 0.122.